The third kappa shape index (κ3) is 3.31. The van der Waals surface area contributed by atoms with Gasteiger partial charge in [0.1, 0.15) is 16.9 Å². The molecule has 0 radical (unpaired) electrons. The molecule has 1 aliphatic rings. The first-order valence-corrected chi connectivity index (χ1v) is 11.1. The summed E-state index contributed by atoms with van der Waals surface area (Å²) in [5.41, 5.74) is 2.02. The Morgan fingerprint density at radius 3 is 2.73 bits per heavy atom. The van der Waals surface area contributed by atoms with Crippen LogP contribution in [0.4, 0.5) is 0 Å². The zero-order valence-corrected chi connectivity index (χ0v) is 19.1. The Labute approximate surface area is 181 Å². The number of fused-ring (bicyclic) bond motifs is 3. The summed E-state index contributed by atoms with van der Waals surface area (Å²) >= 11 is 6.12. The first kappa shape index (κ1) is 18.4. The van der Waals surface area contributed by atoms with E-state index in [0.717, 1.165) is 47.9 Å². The van der Waals surface area contributed by atoms with E-state index in [9.17, 15) is 4.79 Å². The molecule has 1 aromatic carbocycles. The zero-order chi connectivity index (χ0) is 18.3. The van der Waals surface area contributed by atoms with E-state index in [2.05, 4.69) is 55.3 Å². The maximum atomic E-state index is 12.9. The number of hydrogen-bond acceptors (Lipinski definition) is 5. The molecule has 0 amide bonds. The van der Waals surface area contributed by atoms with Crippen LogP contribution in [-0.4, -0.2) is 23.0 Å². The van der Waals surface area contributed by atoms with Gasteiger partial charge in [-0.15, -0.1) is 11.3 Å². The highest BCUT2D eigenvalue weighted by Crippen LogP contribution is 2.33. The van der Waals surface area contributed by atoms with Crippen LogP contribution in [0, 0.1) is 7.14 Å². The second kappa shape index (κ2) is 7.55. The number of nitrogens with zero attached hydrogens (tertiary/aromatic N) is 3. The fourth-order valence-corrected chi connectivity index (χ4v) is 6.67. The van der Waals surface area contributed by atoms with Crippen LogP contribution < -0.4 is 10.3 Å². The molecule has 0 spiro atoms. The monoisotopic (exact) mass is 591 g/mol. The lowest BCUT2D eigenvalue weighted by Crippen LogP contribution is -2.18. The largest absolute Gasteiger partial charge is 0.495 e. The summed E-state index contributed by atoms with van der Waals surface area (Å²) in [5, 5.41) is 5.12. The van der Waals surface area contributed by atoms with E-state index in [-0.39, 0.29) is 5.56 Å². The van der Waals surface area contributed by atoms with E-state index in [1.807, 2.05) is 12.1 Å². The molecule has 0 unspecified atom stereocenters. The van der Waals surface area contributed by atoms with Crippen LogP contribution in [0.2, 0.25) is 0 Å². The van der Waals surface area contributed by atoms with Crippen molar-refractivity contribution >= 4 is 72.9 Å². The van der Waals surface area contributed by atoms with Gasteiger partial charge in [-0.05, 0) is 94.1 Å². The molecule has 0 atom stereocenters. The molecule has 2 heterocycles. The second-order valence-corrected chi connectivity index (χ2v) is 9.46. The summed E-state index contributed by atoms with van der Waals surface area (Å²) in [7, 11) is 1.66. The van der Waals surface area contributed by atoms with Crippen molar-refractivity contribution in [2.45, 2.75) is 25.7 Å². The number of methoxy groups -OCH3 is 1. The van der Waals surface area contributed by atoms with Crippen LogP contribution >= 0.6 is 56.5 Å². The normalized spacial score (nSPS) is 14.1. The van der Waals surface area contributed by atoms with E-state index in [1.165, 1.54) is 27.9 Å². The Morgan fingerprint density at radius 1 is 1.27 bits per heavy atom. The molecule has 0 bridgehead atoms. The van der Waals surface area contributed by atoms with Crippen LogP contribution in [0.25, 0.3) is 10.2 Å². The highest BCUT2D eigenvalue weighted by molar-refractivity contribution is 14.1. The summed E-state index contributed by atoms with van der Waals surface area (Å²) < 4.78 is 8.73. The van der Waals surface area contributed by atoms with Gasteiger partial charge in [0, 0.05) is 4.88 Å². The molecule has 0 saturated heterocycles. The molecular formula is C18H15I2N3O2S. The Balaban J connectivity index is 1.75. The Kier molecular flexibility index (Phi) is 5.33. The maximum Gasteiger partial charge on any atom is 0.282 e. The number of thiophene rings is 1. The number of rotatable bonds is 3. The van der Waals surface area contributed by atoms with Gasteiger partial charge in [-0.1, -0.05) is 0 Å². The van der Waals surface area contributed by atoms with E-state index in [4.69, 9.17) is 4.74 Å². The number of aromatic nitrogens is 2. The molecular weight excluding hydrogens is 576 g/mol. The molecule has 3 aromatic rings. The number of halogens is 2. The predicted molar refractivity (Wildman–Crippen MR) is 122 cm³/mol. The van der Waals surface area contributed by atoms with Crippen molar-refractivity contribution in [3.63, 3.8) is 0 Å². The van der Waals surface area contributed by atoms with Crippen molar-refractivity contribution in [2.75, 3.05) is 7.11 Å². The summed E-state index contributed by atoms with van der Waals surface area (Å²) in [5.74, 6) is 0.855. The molecule has 0 aliphatic heterocycles. The number of benzene rings is 1. The van der Waals surface area contributed by atoms with E-state index in [0.29, 0.717) is 0 Å². The summed E-state index contributed by atoms with van der Waals surface area (Å²) in [4.78, 5) is 19.5. The fraction of sp³-hybridized carbons (Fsp3) is 0.278. The third-order valence-electron chi connectivity index (χ3n) is 4.41. The number of aryl methyl sites for hydroxylation is 2. The van der Waals surface area contributed by atoms with Crippen LogP contribution in [0.15, 0.2) is 28.4 Å². The third-order valence-corrected chi connectivity index (χ3v) is 7.22. The molecule has 4 rings (SSSR count). The van der Waals surface area contributed by atoms with Crippen molar-refractivity contribution < 1.29 is 4.74 Å². The average Bonchev–Trinajstić information content (AvgIpc) is 3.00. The van der Waals surface area contributed by atoms with Gasteiger partial charge in [0.05, 0.1) is 25.9 Å². The van der Waals surface area contributed by atoms with E-state index >= 15 is 0 Å². The van der Waals surface area contributed by atoms with Crippen LogP contribution in [-0.2, 0) is 12.8 Å². The van der Waals surface area contributed by atoms with Crippen molar-refractivity contribution in [3.05, 3.63) is 52.0 Å². The highest BCUT2D eigenvalue weighted by atomic mass is 127. The molecule has 1 aliphatic carbocycles. The predicted octanol–water partition coefficient (Wildman–Crippen LogP) is 4.44. The van der Waals surface area contributed by atoms with Gasteiger partial charge in [0.25, 0.3) is 5.56 Å². The van der Waals surface area contributed by atoms with Gasteiger partial charge >= 0.3 is 0 Å². The molecule has 134 valence electrons. The van der Waals surface area contributed by atoms with Crippen molar-refractivity contribution in [1.82, 2.24) is 9.66 Å². The first-order valence-electron chi connectivity index (χ1n) is 8.18. The van der Waals surface area contributed by atoms with Gasteiger partial charge in [-0.25, -0.2) is 4.98 Å². The SMILES string of the molecule is COc1c(I)cc(/C=N\n2cnc3sc4c(c3c2=O)CCCC4)cc1I. The Morgan fingerprint density at radius 2 is 2.00 bits per heavy atom. The summed E-state index contributed by atoms with van der Waals surface area (Å²) in [6.45, 7) is 0. The zero-order valence-electron chi connectivity index (χ0n) is 14.0. The van der Waals surface area contributed by atoms with Crippen molar-refractivity contribution in [2.24, 2.45) is 5.10 Å². The lowest BCUT2D eigenvalue weighted by molar-refractivity contribution is 0.409. The average molecular weight is 591 g/mol. The Hall–Kier alpha value is -1.01. The molecule has 0 fully saturated rings. The minimum Gasteiger partial charge on any atom is -0.495 e. The summed E-state index contributed by atoms with van der Waals surface area (Å²) in [6, 6.07) is 3.96. The molecule has 0 saturated carbocycles. The molecule has 2 aromatic heterocycles. The standard InChI is InChI=1S/C18H15I2N3O2S/c1-25-16-12(19)6-10(7-13(16)20)8-22-23-9-21-17-15(18(23)24)11-4-2-3-5-14(11)26-17/h6-9H,2-5H2,1H3/b22-8-. The quantitative estimate of drug-likeness (QED) is 0.335. The van der Waals surface area contributed by atoms with Crippen LogP contribution in [0.3, 0.4) is 0 Å². The molecule has 0 N–H and O–H groups in total. The minimum absolute atomic E-state index is 0.0800. The van der Waals surface area contributed by atoms with E-state index < -0.39 is 0 Å². The van der Waals surface area contributed by atoms with E-state index in [1.54, 1.807) is 24.7 Å². The van der Waals surface area contributed by atoms with Gasteiger partial charge < -0.3 is 4.74 Å². The molecule has 26 heavy (non-hydrogen) atoms. The van der Waals surface area contributed by atoms with Gasteiger partial charge in [-0.2, -0.15) is 9.78 Å². The van der Waals surface area contributed by atoms with Crippen molar-refractivity contribution in [1.29, 1.82) is 0 Å². The van der Waals surface area contributed by atoms with Crippen LogP contribution in [0.1, 0.15) is 28.8 Å². The van der Waals surface area contributed by atoms with Gasteiger partial charge in [0.2, 0.25) is 0 Å². The molecule has 5 nitrogen and oxygen atoms in total. The Bertz CT molecular complexity index is 1060. The number of hydrogen-bond donors (Lipinski definition) is 0. The first-order chi connectivity index (χ1) is 12.6. The topological polar surface area (TPSA) is 56.5 Å². The smallest absolute Gasteiger partial charge is 0.282 e. The highest BCUT2D eigenvalue weighted by Gasteiger charge is 2.19. The number of ether oxygens (including phenoxy) is 1. The lowest BCUT2D eigenvalue weighted by atomic mass is 9.97. The van der Waals surface area contributed by atoms with Crippen LogP contribution in [0.5, 0.6) is 5.75 Å². The lowest BCUT2D eigenvalue weighted by Gasteiger charge is -2.09. The minimum atomic E-state index is -0.0800. The summed E-state index contributed by atoms with van der Waals surface area (Å²) in [6.07, 6.45) is 7.57. The van der Waals surface area contributed by atoms with Crippen molar-refractivity contribution in [3.8, 4) is 5.75 Å². The maximum absolute atomic E-state index is 12.9. The van der Waals surface area contributed by atoms with Gasteiger partial charge in [0.15, 0.2) is 0 Å². The second-order valence-electron chi connectivity index (χ2n) is 6.05. The fourth-order valence-electron chi connectivity index (χ4n) is 3.20. The van der Waals surface area contributed by atoms with Gasteiger partial charge in [-0.3, -0.25) is 4.79 Å². The molecule has 8 heteroatoms.